The number of rotatable bonds is 5. The monoisotopic (exact) mass is 364 g/mol. The number of halogens is 1. The van der Waals surface area contributed by atoms with Crippen molar-refractivity contribution in [3.05, 3.63) is 67.2 Å². The molecule has 0 aliphatic rings. The number of carbonyl (C=O) groups is 1. The van der Waals surface area contributed by atoms with Crippen molar-refractivity contribution in [1.29, 1.82) is 0 Å². The van der Waals surface area contributed by atoms with Crippen molar-refractivity contribution in [2.24, 2.45) is 0 Å². The molecule has 0 radical (unpaired) electrons. The van der Waals surface area contributed by atoms with Gasteiger partial charge in [0.1, 0.15) is 0 Å². The lowest BCUT2D eigenvalue weighted by Gasteiger charge is -2.17. The summed E-state index contributed by atoms with van der Waals surface area (Å²) in [7, 11) is 3.38. The minimum atomic E-state index is -0.622. The van der Waals surface area contributed by atoms with Crippen LogP contribution < -0.4 is 10.2 Å². The third kappa shape index (κ3) is 4.01. The first-order valence-corrected chi connectivity index (χ1v) is 7.29. The van der Waals surface area contributed by atoms with E-state index in [1.54, 1.807) is 19.0 Å². The molecule has 0 saturated heterocycles. The molecule has 0 aliphatic carbocycles. The molecule has 0 heterocycles. The van der Waals surface area contributed by atoms with E-state index in [1.165, 1.54) is 24.3 Å². The first kappa shape index (κ1) is 18.1. The third-order valence-electron chi connectivity index (χ3n) is 3.33. The summed E-state index contributed by atoms with van der Waals surface area (Å²) in [6, 6.07) is 7.52. The van der Waals surface area contributed by atoms with Gasteiger partial charge in [0.15, 0.2) is 0 Å². The molecule has 25 heavy (non-hydrogen) atoms. The molecule has 0 spiro atoms. The van der Waals surface area contributed by atoms with Crippen LogP contribution in [0.15, 0.2) is 36.4 Å². The second-order valence-electron chi connectivity index (χ2n) is 5.23. The summed E-state index contributed by atoms with van der Waals surface area (Å²) in [4.78, 5) is 34.6. The Kier molecular flexibility index (Phi) is 5.18. The predicted octanol–water partition coefficient (Wildman–Crippen LogP) is 3.47. The molecule has 1 amide bonds. The van der Waals surface area contributed by atoms with Crippen LogP contribution in [0.5, 0.6) is 0 Å². The second kappa shape index (κ2) is 7.14. The molecule has 2 rings (SSSR count). The molecule has 0 fully saturated rings. The van der Waals surface area contributed by atoms with Crippen molar-refractivity contribution < 1.29 is 14.6 Å². The highest BCUT2D eigenvalue weighted by molar-refractivity contribution is 6.34. The normalized spacial score (nSPS) is 10.2. The number of nitro benzene ring substituents is 2. The molecule has 2 aromatic carbocycles. The average molecular weight is 365 g/mol. The van der Waals surface area contributed by atoms with E-state index in [2.05, 4.69) is 5.32 Å². The van der Waals surface area contributed by atoms with Gasteiger partial charge in [-0.3, -0.25) is 25.0 Å². The summed E-state index contributed by atoms with van der Waals surface area (Å²) in [6.07, 6.45) is 0. The van der Waals surface area contributed by atoms with Crippen LogP contribution in [0.25, 0.3) is 0 Å². The fourth-order valence-corrected chi connectivity index (χ4v) is 2.34. The standard InChI is InChI=1S/C15H13ClN4O5/c1-18(2)14-6-4-9(19(22)23)7-11(14)15(21)17-13-5-3-10(20(24)25)8-12(13)16/h3-8H,1-2H3,(H,17,21). The van der Waals surface area contributed by atoms with E-state index in [0.29, 0.717) is 5.69 Å². The number of nitrogens with one attached hydrogen (secondary N) is 1. The minimum Gasteiger partial charge on any atom is -0.377 e. The van der Waals surface area contributed by atoms with Gasteiger partial charge in [-0.15, -0.1) is 0 Å². The number of non-ortho nitro benzene ring substituents is 2. The summed E-state index contributed by atoms with van der Waals surface area (Å²) in [5.74, 6) is -0.622. The number of nitrogens with zero attached hydrogens (tertiary/aromatic N) is 3. The van der Waals surface area contributed by atoms with Crippen LogP contribution in [0, 0.1) is 20.2 Å². The Hall–Kier alpha value is -3.20. The molecule has 0 aromatic heterocycles. The zero-order chi connectivity index (χ0) is 18.7. The Morgan fingerprint density at radius 1 is 1.04 bits per heavy atom. The van der Waals surface area contributed by atoms with Crippen molar-refractivity contribution in [2.75, 3.05) is 24.3 Å². The van der Waals surface area contributed by atoms with Crippen LogP contribution in [-0.2, 0) is 0 Å². The van der Waals surface area contributed by atoms with Gasteiger partial charge in [0.05, 0.1) is 26.1 Å². The molecule has 2 aromatic rings. The Labute approximate surface area is 147 Å². The maximum absolute atomic E-state index is 12.5. The zero-order valence-electron chi connectivity index (χ0n) is 13.2. The summed E-state index contributed by atoms with van der Waals surface area (Å²) in [5, 5.41) is 24.2. The fraction of sp³-hybridized carbons (Fsp3) is 0.133. The highest BCUT2D eigenvalue weighted by Gasteiger charge is 2.19. The van der Waals surface area contributed by atoms with E-state index in [1.807, 2.05) is 0 Å². The fourth-order valence-electron chi connectivity index (χ4n) is 2.12. The van der Waals surface area contributed by atoms with Crippen molar-refractivity contribution in [3.8, 4) is 0 Å². The van der Waals surface area contributed by atoms with Crippen LogP contribution >= 0.6 is 11.6 Å². The molecule has 0 unspecified atom stereocenters. The van der Waals surface area contributed by atoms with Crippen molar-refractivity contribution in [2.45, 2.75) is 0 Å². The third-order valence-corrected chi connectivity index (χ3v) is 3.64. The van der Waals surface area contributed by atoms with Gasteiger partial charge in [0.2, 0.25) is 0 Å². The van der Waals surface area contributed by atoms with Gasteiger partial charge in [0.25, 0.3) is 17.3 Å². The van der Waals surface area contributed by atoms with Crippen LogP contribution in [-0.4, -0.2) is 29.8 Å². The number of carbonyl (C=O) groups excluding carboxylic acids is 1. The Morgan fingerprint density at radius 3 is 2.12 bits per heavy atom. The first-order valence-electron chi connectivity index (χ1n) is 6.91. The molecule has 130 valence electrons. The predicted molar refractivity (Wildman–Crippen MR) is 93.5 cm³/mol. The van der Waals surface area contributed by atoms with E-state index in [-0.39, 0.29) is 27.6 Å². The van der Waals surface area contributed by atoms with Gasteiger partial charge < -0.3 is 10.2 Å². The second-order valence-corrected chi connectivity index (χ2v) is 5.64. The largest absolute Gasteiger partial charge is 0.377 e. The number of hydrogen-bond acceptors (Lipinski definition) is 6. The lowest BCUT2D eigenvalue weighted by molar-refractivity contribution is -0.385. The Balaban J connectivity index is 2.39. The lowest BCUT2D eigenvalue weighted by Crippen LogP contribution is -2.19. The van der Waals surface area contributed by atoms with Gasteiger partial charge in [-0.2, -0.15) is 0 Å². The molecular weight excluding hydrogens is 352 g/mol. The number of anilines is 2. The van der Waals surface area contributed by atoms with E-state index < -0.39 is 15.8 Å². The SMILES string of the molecule is CN(C)c1ccc([N+](=O)[O-])cc1C(=O)Nc1ccc([N+](=O)[O-])cc1Cl. The molecule has 0 atom stereocenters. The summed E-state index contributed by atoms with van der Waals surface area (Å²) >= 11 is 5.95. The van der Waals surface area contributed by atoms with E-state index in [9.17, 15) is 25.0 Å². The molecule has 9 nitrogen and oxygen atoms in total. The summed E-state index contributed by atoms with van der Waals surface area (Å²) < 4.78 is 0. The van der Waals surface area contributed by atoms with E-state index in [4.69, 9.17) is 11.6 Å². The van der Waals surface area contributed by atoms with Gasteiger partial charge in [0, 0.05) is 44.0 Å². The number of hydrogen-bond donors (Lipinski definition) is 1. The lowest BCUT2D eigenvalue weighted by atomic mass is 10.1. The van der Waals surface area contributed by atoms with Crippen LogP contribution in [0.1, 0.15) is 10.4 Å². The van der Waals surface area contributed by atoms with Crippen LogP contribution in [0.2, 0.25) is 5.02 Å². The van der Waals surface area contributed by atoms with Crippen molar-refractivity contribution >= 4 is 40.3 Å². The zero-order valence-corrected chi connectivity index (χ0v) is 14.0. The van der Waals surface area contributed by atoms with Gasteiger partial charge in [-0.05, 0) is 12.1 Å². The molecule has 1 N–H and O–H groups in total. The molecule has 0 bridgehead atoms. The molecular formula is C15H13ClN4O5. The molecule has 0 saturated carbocycles. The molecule has 0 aliphatic heterocycles. The van der Waals surface area contributed by atoms with Crippen LogP contribution in [0.4, 0.5) is 22.7 Å². The Bertz CT molecular complexity index is 869. The van der Waals surface area contributed by atoms with E-state index >= 15 is 0 Å². The molecule has 10 heteroatoms. The number of benzene rings is 2. The quantitative estimate of drug-likeness (QED) is 0.640. The highest BCUT2D eigenvalue weighted by atomic mass is 35.5. The van der Waals surface area contributed by atoms with Crippen LogP contribution in [0.3, 0.4) is 0 Å². The first-order chi connectivity index (χ1) is 11.7. The average Bonchev–Trinajstić information content (AvgIpc) is 2.55. The Morgan fingerprint density at radius 2 is 1.60 bits per heavy atom. The van der Waals surface area contributed by atoms with E-state index in [0.717, 1.165) is 12.1 Å². The summed E-state index contributed by atoms with van der Waals surface area (Å²) in [5.41, 5.74) is 0.265. The maximum Gasteiger partial charge on any atom is 0.271 e. The van der Waals surface area contributed by atoms with Crippen molar-refractivity contribution in [3.63, 3.8) is 0 Å². The van der Waals surface area contributed by atoms with Gasteiger partial charge >= 0.3 is 0 Å². The minimum absolute atomic E-state index is 0.0145. The smallest absolute Gasteiger partial charge is 0.271 e. The van der Waals surface area contributed by atoms with Gasteiger partial charge in [-0.25, -0.2) is 0 Å². The van der Waals surface area contributed by atoms with Crippen molar-refractivity contribution in [1.82, 2.24) is 0 Å². The summed E-state index contributed by atoms with van der Waals surface area (Å²) in [6.45, 7) is 0. The topological polar surface area (TPSA) is 119 Å². The maximum atomic E-state index is 12.5. The number of nitro groups is 2. The number of amides is 1. The van der Waals surface area contributed by atoms with Gasteiger partial charge in [-0.1, -0.05) is 11.6 Å². The highest BCUT2D eigenvalue weighted by Crippen LogP contribution is 2.29.